The van der Waals surface area contributed by atoms with Crippen molar-refractivity contribution in [3.8, 4) is 0 Å². The lowest BCUT2D eigenvalue weighted by Crippen LogP contribution is -2.32. The molecule has 0 aliphatic carbocycles. The Balaban J connectivity index is 2.17. The zero-order valence-electron chi connectivity index (χ0n) is 11.2. The summed E-state index contributed by atoms with van der Waals surface area (Å²) in [5, 5.41) is 12.3. The van der Waals surface area contributed by atoms with Gasteiger partial charge in [0.1, 0.15) is 5.52 Å². The van der Waals surface area contributed by atoms with Gasteiger partial charge in [0.2, 0.25) is 0 Å². The summed E-state index contributed by atoms with van der Waals surface area (Å²) < 4.78 is 0. The molecule has 2 aromatic heterocycles. The summed E-state index contributed by atoms with van der Waals surface area (Å²) in [6.45, 7) is 0.646. The zero-order chi connectivity index (χ0) is 14.5. The fourth-order valence-electron chi connectivity index (χ4n) is 2.09. The van der Waals surface area contributed by atoms with E-state index in [2.05, 4.69) is 20.3 Å². The smallest absolute Gasteiger partial charge is 0.326 e. The normalized spacial score (nSPS) is 12.9. The van der Waals surface area contributed by atoms with Crippen LogP contribution in [0.2, 0.25) is 0 Å². The van der Waals surface area contributed by atoms with Crippen LogP contribution in [0, 0.1) is 0 Å². The van der Waals surface area contributed by atoms with Crippen LogP contribution < -0.4 is 16.6 Å². The maximum atomic E-state index is 11.6. The number of aliphatic hydroxyl groups excluding tert-OH is 1. The number of H-pyrrole nitrogens is 3. The molecule has 0 fully saturated rings. The topological polar surface area (TPSA) is 114 Å². The molecule has 2 aromatic rings. The first-order valence-electron chi connectivity index (χ1n) is 6.31. The molecule has 0 aromatic carbocycles. The van der Waals surface area contributed by atoms with Gasteiger partial charge in [-0.2, -0.15) is 11.8 Å². The Kier molecular flexibility index (Phi) is 5.05. The summed E-state index contributed by atoms with van der Waals surface area (Å²) in [6, 6.07) is 0.189. The molecule has 20 heavy (non-hydrogen) atoms. The highest BCUT2D eigenvalue weighted by molar-refractivity contribution is 7.98. The number of thioether (sulfide) groups is 1. The fourth-order valence-corrected chi connectivity index (χ4v) is 2.78. The SMILES string of the molecule is CSCC(CCO)NCc1c[nH]c2c(=O)[nH]c(=O)[nH]c12. The van der Waals surface area contributed by atoms with Crippen molar-refractivity contribution in [3.05, 3.63) is 32.6 Å². The molecular weight excluding hydrogens is 280 g/mol. The van der Waals surface area contributed by atoms with Crippen molar-refractivity contribution >= 4 is 22.8 Å². The van der Waals surface area contributed by atoms with Crippen molar-refractivity contribution in [1.82, 2.24) is 20.3 Å². The lowest BCUT2D eigenvalue weighted by atomic mass is 10.2. The van der Waals surface area contributed by atoms with Crippen LogP contribution >= 0.6 is 11.8 Å². The molecule has 5 N–H and O–H groups in total. The van der Waals surface area contributed by atoms with Crippen molar-refractivity contribution < 1.29 is 5.11 Å². The zero-order valence-corrected chi connectivity index (χ0v) is 12.0. The lowest BCUT2D eigenvalue weighted by Gasteiger charge is -2.16. The maximum Gasteiger partial charge on any atom is 0.326 e. The Bertz CT molecular complexity index is 669. The Hall–Kier alpha value is -1.51. The molecule has 0 bridgehead atoms. The van der Waals surface area contributed by atoms with E-state index in [1.165, 1.54) is 0 Å². The Morgan fingerprint density at radius 2 is 2.15 bits per heavy atom. The maximum absolute atomic E-state index is 11.6. The Labute approximate surface area is 119 Å². The van der Waals surface area contributed by atoms with E-state index in [9.17, 15) is 9.59 Å². The average Bonchev–Trinajstić information content (AvgIpc) is 2.80. The van der Waals surface area contributed by atoms with Crippen LogP contribution in [0.1, 0.15) is 12.0 Å². The summed E-state index contributed by atoms with van der Waals surface area (Å²) in [5.41, 5.74) is 0.778. The highest BCUT2D eigenvalue weighted by atomic mass is 32.2. The van der Waals surface area contributed by atoms with Gasteiger partial charge in [-0.1, -0.05) is 0 Å². The van der Waals surface area contributed by atoms with Gasteiger partial charge in [0.05, 0.1) is 5.52 Å². The summed E-state index contributed by atoms with van der Waals surface area (Å²) in [7, 11) is 0. The second-order valence-electron chi connectivity index (χ2n) is 4.52. The van der Waals surface area contributed by atoms with Crippen LogP contribution in [-0.2, 0) is 6.54 Å². The summed E-state index contributed by atoms with van der Waals surface area (Å²) in [6.07, 6.45) is 4.38. The quantitative estimate of drug-likeness (QED) is 0.483. The van der Waals surface area contributed by atoms with Crippen LogP contribution in [0.3, 0.4) is 0 Å². The van der Waals surface area contributed by atoms with Gasteiger partial charge >= 0.3 is 5.69 Å². The molecule has 0 aliphatic heterocycles. The van der Waals surface area contributed by atoms with Crippen molar-refractivity contribution in [2.24, 2.45) is 0 Å². The van der Waals surface area contributed by atoms with E-state index in [0.29, 0.717) is 24.0 Å². The van der Waals surface area contributed by atoms with Crippen molar-refractivity contribution in [1.29, 1.82) is 0 Å². The first-order chi connectivity index (χ1) is 9.65. The van der Waals surface area contributed by atoms with Gasteiger partial charge in [-0.15, -0.1) is 0 Å². The largest absolute Gasteiger partial charge is 0.396 e. The monoisotopic (exact) mass is 298 g/mol. The van der Waals surface area contributed by atoms with Crippen molar-refractivity contribution in [2.45, 2.75) is 19.0 Å². The number of hydrogen-bond donors (Lipinski definition) is 5. The van der Waals surface area contributed by atoms with E-state index in [0.717, 1.165) is 11.3 Å². The number of aliphatic hydroxyl groups is 1. The van der Waals surface area contributed by atoms with Crippen LogP contribution in [0.5, 0.6) is 0 Å². The number of hydrogen-bond acceptors (Lipinski definition) is 5. The van der Waals surface area contributed by atoms with E-state index >= 15 is 0 Å². The summed E-state index contributed by atoms with van der Waals surface area (Å²) >= 11 is 1.70. The minimum Gasteiger partial charge on any atom is -0.396 e. The molecule has 8 heteroatoms. The summed E-state index contributed by atoms with van der Waals surface area (Å²) in [5.74, 6) is 0.889. The standard InChI is InChI=1S/C12H18N4O3S/c1-20-6-8(2-3-17)13-4-7-5-14-10-9(7)15-12(19)16-11(10)18/h5,8,13-14,17H,2-4,6H2,1H3,(H2,15,16,18,19). The van der Waals surface area contributed by atoms with Crippen LogP contribution in [0.25, 0.3) is 11.0 Å². The van der Waals surface area contributed by atoms with E-state index in [-0.39, 0.29) is 12.6 Å². The van der Waals surface area contributed by atoms with E-state index in [4.69, 9.17) is 5.11 Å². The van der Waals surface area contributed by atoms with E-state index in [1.807, 2.05) is 6.26 Å². The lowest BCUT2D eigenvalue weighted by molar-refractivity contribution is 0.270. The number of rotatable bonds is 7. The van der Waals surface area contributed by atoms with E-state index < -0.39 is 11.2 Å². The molecule has 0 saturated heterocycles. The third-order valence-electron chi connectivity index (χ3n) is 3.08. The Morgan fingerprint density at radius 1 is 1.35 bits per heavy atom. The number of aromatic nitrogens is 3. The van der Waals surface area contributed by atoms with Gasteiger partial charge in [0.25, 0.3) is 5.56 Å². The first kappa shape index (κ1) is 14.9. The first-order valence-corrected chi connectivity index (χ1v) is 7.70. The van der Waals surface area contributed by atoms with Crippen LogP contribution in [0.15, 0.2) is 15.8 Å². The van der Waals surface area contributed by atoms with Gasteiger partial charge < -0.3 is 20.4 Å². The molecule has 0 radical (unpaired) electrons. The molecule has 1 atom stereocenters. The highest BCUT2D eigenvalue weighted by Gasteiger charge is 2.11. The predicted octanol–water partition coefficient (Wildman–Crippen LogP) is -0.252. The molecule has 2 rings (SSSR count). The minimum atomic E-state index is -0.514. The van der Waals surface area contributed by atoms with Gasteiger partial charge in [0, 0.05) is 36.7 Å². The molecule has 1 unspecified atom stereocenters. The molecule has 0 amide bonds. The number of aromatic amines is 3. The second kappa shape index (κ2) is 6.78. The predicted molar refractivity (Wildman–Crippen MR) is 80.3 cm³/mol. The third kappa shape index (κ3) is 3.33. The van der Waals surface area contributed by atoms with Gasteiger partial charge in [-0.05, 0) is 12.7 Å². The molecule has 0 saturated carbocycles. The summed E-state index contributed by atoms with van der Waals surface area (Å²) in [4.78, 5) is 30.6. The third-order valence-corrected chi connectivity index (χ3v) is 3.82. The minimum absolute atomic E-state index is 0.128. The van der Waals surface area contributed by atoms with E-state index in [1.54, 1.807) is 18.0 Å². The van der Waals surface area contributed by atoms with Crippen LogP contribution in [0.4, 0.5) is 0 Å². The van der Waals surface area contributed by atoms with Crippen LogP contribution in [-0.4, -0.2) is 44.7 Å². The number of fused-ring (bicyclic) bond motifs is 1. The van der Waals surface area contributed by atoms with Gasteiger partial charge in [0.15, 0.2) is 0 Å². The number of nitrogens with one attached hydrogen (secondary N) is 4. The molecule has 110 valence electrons. The van der Waals surface area contributed by atoms with Crippen molar-refractivity contribution in [2.75, 3.05) is 18.6 Å². The average molecular weight is 298 g/mol. The molecule has 2 heterocycles. The second-order valence-corrected chi connectivity index (χ2v) is 5.43. The molecular formula is C12H18N4O3S. The molecule has 0 spiro atoms. The van der Waals surface area contributed by atoms with Crippen molar-refractivity contribution in [3.63, 3.8) is 0 Å². The van der Waals surface area contributed by atoms with Gasteiger partial charge in [-0.25, -0.2) is 4.79 Å². The molecule has 7 nitrogen and oxygen atoms in total. The van der Waals surface area contributed by atoms with Gasteiger partial charge in [-0.3, -0.25) is 9.78 Å². The fraction of sp³-hybridized carbons (Fsp3) is 0.500. The Morgan fingerprint density at radius 3 is 2.85 bits per heavy atom. The molecule has 0 aliphatic rings. The highest BCUT2D eigenvalue weighted by Crippen LogP contribution is 2.11.